The number of nitrogens with zero attached hydrogens (tertiary/aromatic N) is 1. The van der Waals surface area contributed by atoms with Crippen molar-refractivity contribution >= 4 is 11.9 Å². The van der Waals surface area contributed by atoms with Gasteiger partial charge < -0.3 is 14.6 Å². The Balaban J connectivity index is 2.03. The number of nitriles is 1. The van der Waals surface area contributed by atoms with E-state index in [2.05, 4.69) is 6.07 Å². The van der Waals surface area contributed by atoms with Crippen molar-refractivity contribution in [3.63, 3.8) is 0 Å². The fourth-order valence-corrected chi connectivity index (χ4v) is 4.23. The number of carboxylic acid groups (broad SMARTS) is 1. The lowest BCUT2D eigenvalue weighted by Crippen LogP contribution is -2.15. The molecule has 0 spiro atoms. The number of rotatable bonds is 5. The minimum Gasteiger partial charge on any atom is -0.496 e. The standard InChI is InChI=1S/C21H23NO5/c1-12-17-11-27-21(25)19(17)16(10-22)15(20(12)26-2)8-7-13-5-3-4-6-14(13)9-18(23)24/h7,14H,3-6,8-9,11H2,1-2H3,(H,23,24)/b13-7+. The maximum absolute atomic E-state index is 12.1. The molecule has 1 aliphatic carbocycles. The molecule has 1 fully saturated rings. The second kappa shape index (κ2) is 7.83. The number of benzene rings is 1. The molecule has 0 saturated heterocycles. The van der Waals surface area contributed by atoms with Crippen molar-refractivity contribution in [3.8, 4) is 11.8 Å². The zero-order valence-electron chi connectivity index (χ0n) is 15.6. The highest BCUT2D eigenvalue weighted by molar-refractivity contribution is 5.97. The number of methoxy groups -OCH3 is 1. The number of carboxylic acids is 1. The van der Waals surface area contributed by atoms with Crippen molar-refractivity contribution in [2.24, 2.45) is 5.92 Å². The van der Waals surface area contributed by atoms with Crippen LogP contribution in [-0.4, -0.2) is 24.2 Å². The van der Waals surface area contributed by atoms with Crippen LogP contribution >= 0.6 is 0 Å². The smallest absolute Gasteiger partial charge is 0.340 e. The first kappa shape index (κ1) is 19.0. The van der Waals surface area contributed by atoms with E-state index in [-0.39, 0.29) is 18.9 Å². The molecule has 0 radical (unpaired) electrons. The number of ether oxygens (including phenoxy) is 2. The second-order valence-corrected chi connectivity index (χ2v) is 7.08. The van der Waals surface area contributed by atoms with E-state index in [1.165, 1.54) is 0 Å². The monoisotopic (exact) mass is 369 g/mol. The van der Waals surface area contributed by atoms with Crippen LogP contribution in [0.25, 0.3) is 0 Å². The van der Waals surface area contributed by atoms with Crippen LogP contribution in [0.5, 0.6) is 5.75 Å². The number of hydrogen-bond acceptors (Lipinski definition) is 5. The molecule has 1 heterocycles. The summed E-state index contributed by atoms with van der Waals surface area (Å²) in [4.78, 5) is 23.3. The summed E-state index contributed by atoms with van der Waals surface area (Å²) in [5, 5.41) is 18.9. The average Bonchev–Trinajstić information content (AvgIpc) is 3.03. The molecule has 0 aromatic heterocycles. The summed E-state index contributed by atoms with van der Waals surface area (Å²) in [7, 11) is 1.55. The summed E-state index contributed by atoms with van der Waals surface area (Å²) in [6, 6.07) is 2.16. The molecule has 1 unspecified atom stereocenters. The van der Waals surface area contributed by atoms with Gasteiger partial charge in [0.25, 0.3) is 0 Å². The van der Waals surface area contributed by atoms with E-state index in [4.69, 9.17) is 14.6 Å². The van der Waals surface area contributed by atoms with Gasteiger partial charge in [-0.3, -0.25) is 4.79 Å². The molecule has 6 nitrogen and oxygen atoms in total. The van der Waals surface area contributed by atoms with Crippen LogP contribution in [0.2, 0.25) is 0 Å². The van der Waals surface area contributed by atoms with Crippen LogP contribution in [0.3, 0.4) is 0 Å². The number of carbonyl (C=O) groups is 2. The van der Waals surface area contributed by atoms with Gasteiger partial charge in [-0.25, -0.2) is 4.79 Å². The summed E-state index contributed by atoms with van der Waals surface area (Å²) in [6.45, 7) is 2.03. The fraction of sp³-hybridized carbons (Fsp3) is 0.476. The van der Waals surface area contributed by atoms with Crippen molar-refractivity contribution in [2.45, 2.75) is 52.1 Å². The highest BCUT2D eigenvalue weighted by atomic mass is 16.5. The normalized spacial score (nSPS) is 20.1. The summed E-state index contributed by atoms with van der Waals surface area (Å²) in [5.41, 5.74) is 3.97. The first-order valence-electron chi connectivity index (χ1n) is 9.18. The van der Waals surface area contributed by atoms with Gasteiger partial charge in [0, 0.05) is 11.1 Å². The Labute approximate surface area is 158 Å². The van der Waals surface area contributed by atoms with E-state index >= 15 is 0 Å². The number of carbonyl (C=O) groups excluding carboxylic acids is 1. The highest BCUT2D eigenvalue weighted by Crippen LogP contribution is 2.39. The van der Waals surface area contributed by atoms with Crippen molar-refractivity contribution in [1.29, 1.82) is 5.26 Å². The average molecular weight is 369 g/mol. The molecule has 1 saturated carbocycles. The number of hydrogen-bond donors (Lipinski definition) is 1. The minimum atomic E-state index is -0.792. The van der Waals surface area contributed by atoms with Crippen LogP contribution in [0.1, 0.15) is 64.7 Å². The molecular weight excluding hydrogens is 346 g/mol. The van der Waals surface area contributed by atoms with Gasteiger partial charge in [-0.15, -0.1) is 0 Å². The minimum absolute atomic E-state index is 0.0354. The maximum Gasteiger partial charge on any atom is 0.340 e. The lowest BCUT2D eigenvalue weighted by molar-refractivity contribution is -0.137. The number of allylic oxidation sites excluding steroid dienone is 2. The van der Waals surface area contributed by atoms with Crippen molar-refractivity contribution in [3.05, 3.63) is 39.5 Å². The molecule has 1 N–H and O–H groups in total. The number of fused-ring (bicyclic) bond motifs is 1. The largest absolute Gasteiger partial charge is 0.496 e. The van der Waals surface area contributed by atoms with Gasteiger partial charge in [0.1, 0.15) is 18.4 Å². The summed E-state index contributed by atoms with van der Waals surface area (Å²) in [6.07, 6.45) is 6.40. The van der Waals surface area contributed by atoms with Gasteiger partial charge in [-0.2, -0.15) is 5.26 Å². The molecule has 27 heavy (non-hydrogen) atoms. The van der Waals surface area contributed by atoms with E-state index in [0.717, 1.165) is 36.8 Å². The first-order chi connectivity index (χ1) is 13.0. The Morgan fingerprint density at radius 2 is 2.22 bits per heavy atom. The highest BCUT2D eigenvalue weighted by Gasteiger charge is 2.32. The Hall–Kier alpha value is -2.81. The van der Waals surface area contributed by atoms with Gasteiger partial charge >= 0.3 is 11.9 Å². The van der Waals surface area contributed by atoms with Crippen LogP contribution in [-0.2, 0) is 22.6 Å². The van der Waals surface area contributed by atoms with Crippen molar-refractivity contribution in [2.75, 3.05) is 7.11 Å². The van der Waals surface area contributed by atoms with Gasteiger partial charge in [-0.1, -0.05) is 18.1 Å². The molecule has 6 heteroatoms. The van der Waals surface area contributed by atoms with Gasteiger partial charge in [-0.05, 0) is 44.1 Å². The molecule has 1 aliphatic heterocycles. The Morgan fingerprint density at radius 1 is 1.44 bits per heavy atom. The number of cyclic esters (lactones) is 1. The molecule has 1 aromatic rings. The quantitative estimate of drug-likeness (QED) is 0.628. The molecule has 1 atom stereocenters. The zero-order chi connectivity index (χ0) is 19.6. The topological polar surface area (TPSA) is 96.6 Å². The van der Waals surface area contributed by atoms with E-state index in [1.54, 1.807) is 7.11 Å². The lowest BCUT2D eigenvalue weighted by atomic mass is 9.81. The SMILES string of the molecule is COc1c(C)c2c(c(C#N)c1C/C=C1\CCCCC1CC(=O)O)C(=O)OC2. The predicted octanol–water partition coefficient (Wildman–Crippen LogP) is 3.68. The second-order valence-electron chi connectivity index (χ2n) is 7.08. The van der Waals surface area contributed by atoms with Crippen LogP contribution in [0.4, 0.5) is 0 Å². The van der Waals surface area contributed by atoms with Crippen molar-refractivity contribution in [1.82, 2.24) is 0 Å². The number of aliphatic carboxylic acids is 1. The van der Waals surface area contributed by atoms with Crippen LogP contribution < -0.4 is 4.74 Å². The number of esters is 1. The van der Waals surface area contributed by atoms with E-state index in [9.17, 15) is 14.9 Å². The molecule has 3 rings (SSSR count). The Morgan fingerprint density at radius 3 is 2.89 bits per heavy atom. The molecule has 2 aliphatic rings. The van der Waals surface area contributed by atoms with Gasteiger partial charge in [0.05, 0.1) is 24.7 Å². The Kier molecular flexibility index (Phi) is 5.50. The maximum atomic E-state index is 12.1. The summed E-state index contributed by atoms with van der Waals surface area (Å²) in [5.74, 6) is -0.624. The molecule has 0 amide bonds. The Bertz CT molecular complexity index is 863. The fourth-order valence-electron chi connectivity index (χ4n) is 4.23. The molecule has 0 bridgehead atoms. The third kappa shape index (κ3) is 3.55. The molecule has 142 valence electrons. The van der Waals surface area contributed by atoms with Crippen LogP contribution in [0, 0.1) is 24.2 Å². The van der Waals surface area contributed by atoms with Gasteiger partial charge in [0.15, 0.2) is 0 Å². The third-order valence-electron chi connectivity index (χ3n) is 5.57. The summed E-state index contributed by atoms with van der Waals surface area (Å²) >= 11 is 0. The lowest BCUT2D eigenvalue weighted by Gasteiger charge is -2.24. The third-order valence-corrected chi connectivity index (χ3v) is 5.57. The predicted molar refractivity (Wildman–Crippen MR) is 97.6 cm³/mol. The first-order valence-corrected chi connectivity index (χ1v) is 9.18. The van der Waals surface area contributed by atoms with E-state index in [1.807, 2.05) is 13.0 Å². The van der Waals surface area contributed by atoms with Gasteiger partial charge in [0.2, 0.25) is 0 Å². The van der Waals surface area contributed by atoms with E-state index in [0.29, 0.717) is 34.4 Å². The van der Waals surface area contributed by atoms with Crippen molar-refractivity contribution < 1.29 is 24.2 Å². The molecule has 1 aromatic carbocycles. The van der Waals surface area contributed by atoms with E-state index < -0.39 is 11.9 Å². The summed E-state index contributed by atoms with van der Waals surface area (Å²) < 4.78 is 10.7. The zero-order valence-corrected chi connectivity index (χ0v) is 15.6. The van der Waals surface area contributed by atoms with Crippen LogP contribution in [0.15, 0.2) is 11.6 Å². The molecular formula is C21H23NO5.